The number of carbonyl (C=O) groups is 1. The molecule has 0 saturated heterocycles. The number of hydrogen-bond donors (Lipinski definition) is 1. The maximum Gasteiger partial charge on any atom is 0.224 e. The topological polar surface area (TPSA) is 65.4 Å². The molecule has 3 rings (SSSR count). The van der Waals surface area contributed by atoms with Gasteiger partial charge in [-0.3, -0.25) is 9.48 Å². The summed E-state index contributed by atoms with van der Waals surface area (Å²) >= 11 is 0. The number of nitrogens with zero attached hydrogens (tertiary/aromatic N) is 2. The minimum Gasteiger partial charge on any atom is -0.493 e. The summed E-state index contributed by atoms with van der Waals surface area (Å²) in [5.41, 5.74) is 3.00. The first-order chi connectivity index (χ1) is 13.7. The molecule has 0 fully saturated rings. The van der Waals surface area contributed by atoms with E-state index in [1.54, 1.807) is 20.4 Å². The Morgan fingerprint density at radius 1 is 1.00 bits per heavy atom. The minimum absolute atomic E-state index is 0.0441. The lowest BCUT2D eigenvalue weighted by Gasteiger charge is -2.09. The fraction of sp³-hybridized carbons (Fsp3) is 0.273. The lowest BCUT2D eigenvalue weighted by atomic mass is 10.1. The number of rotatable bonds is 9. The Morgan fingerprint density at radius 3 is 2.54 bits per heavy atom. The van der Waals surface area contributed by atoms with Crippen molar-refractivity contribution in [2.75, 3.05) is 19.5 Å². The van der Waals surface area contributed by atoms with E-state index >= 15 is 0 Å². The van der Waals surface area contributed by atoms with Crippen molar-refractivity contribution in [3.8, 4) is 11.5 Å². The molecular formula is C22H25N3O3. The third-order valence-corrected chi connectivity index (χ3v) is 4.48. The SMILES string of the molecule is COc1ccc(CCC(=O)Nc2cnn(CCc3ccccc3)c2)cc1OC. The highest BCUT2D eigenvalue weighted by molar-refractivity contribution is 5.90. The van der Waals surface area contributed by atoms with Crippen LogP contribution in [-0.2, 0) is 24.2 Å². The van der Waals surface area contributed by atoms with E-state index in [1.165, 1.54) is 5.56 Å². The molecule has 6 heteroatoms. The molecule has 0 bridgehead atoms. The van der Waals surface area contributed by atoms with Crippen LogP contribution in [0.2, 0.25) is 0 Å². The summed E-state index contributed by atoms with van der Waals surface area (Å²) in [5.74, 6) is 1.30. The Balaban J connectivity index is 1.48. The Morgan fingerprint density at radius 2 is 1.79 bits per heavy atom. The number of aryl methyl sites for hydroxylation is 3. The van der Waals surface area contributed by atoms with E-state index in [4.69, 9.17) is 9.47 Å². The smallest absolute Gasteiger partial charge is 0.224 e. The number of methoxy groups -OCH3 is 2. The van der Waals surface area contributed by atoms with Gasteiger partial charge in [-0.1, -0.05) is 36.4 Å². The van der Waals surface area contributed by atoms with Crippen molar-refractivity contribution < 1.29 is 14.3 Å². The Labute approximate surface area is 165 Å². The van der Waals surface area contributed by atoms with Crippen molar-refractivity contribution >= 4 is 11.6 Å². The Bertz CT molecular complexity index is 906. The molecule has 28 heavy (non-hydrogen) atoms. The molecule has 1 heterocycles. The monoisotopic (exact) mass is 379 g/mol. The van der Waals surface area contributed by atoms with Crippen LogP contribution in [0, 0.1) is 0 Å². The molecule has 0 spiro atoms. The third kappa shape index (κ3) is 5.36. The first kappa shape index (κ1) is 19.5. The maximum atomic E-state index is 12.2. The summed E-state index contributed by atoms with van der Waals surface area (Å²) in [4.78, 5) is 12.2. The largest absolute Gasteiger partial charge is 0.493 e. The third-order valence-electron chi connectivity index (χ3n) is 4.48. The first-order valence-electron chi connectivity index (χ1n) is 9.25. The summed E-state index contributed by atoms with van der Waals surface area (Å²) in [7, 11) is 3.20. The van der Waals surface area contributed by atoms with Gasteiger partial charge in [-0.15, -0.1) is 0 Å². The first-order valence-corrected chi connectivity index (χ1v) is 9.25. The standard InChI is InChI=1S/C22H25N3O3/c1-27-20-10-8-18(14-21(20)28-2)9-11-22(26)24-19-15-23-25(16-19)13-12-17-6-4-3-5-7-17/h3-8,10,14-16H,9,11-13H2,1-2H3,(H,24,26). The van der Waals surface area contributed by atoms with E-state index in [2.05, 4.69) is 22.5 Å². The number of ether oxygens (including phenoxy) is 2. The van der Waals surface area contributed by atoms with E-state index in [1.807, 2.05) is 47.3 Å². The number of amides is 1. The number of benzene rings is 2. The van der Waals surface area contributed by atoms with Crippen LogP contribution in [0.5, 0.6) is 11.5 Å². The molecular weight excluding hydrogens is 354 g/mol. The second kappa shape index (κ2) is 9.60. The Hall–Kier alpha value is -3.28. The predicted molar refractivity (Wildman–Crippen MR) is 109 cm³/mol. The van der Waals surface area contributed by atoms with Crippen LogP contribution in [0.15, 0.2) is 60.9 Å². The van der Waals surface area contributed by atoms with Crippen LogP contribution in [0.4, 0.5) is 5.69 Å². The average molecular weight is 379 g/mol. The highest BCUT2D eigenvalue weighted by Gasteiger charge is 2.08. The number of hydrogen-bond acceptors (Lipinski definition) is 4. The lowest BCUT2D eigenvalue weighted by Crippen LogP contribution is -2.12. The second-order valence-corrected chi connectivity index (χ2v) is 6.47. The van der Waals surface area contributed by atoms with E-state index in [-0.39, 0.29) is 5.91 Å². The van der Waals surface area contributed by atoms with Gasteiger partial charge in [0.05, 0.1) is 26.1 Å². The van der Waals surface area contributed by atoms with Crippen LogP contribution >= 0.6 is 0 Å². The molecule has 146 valence electrons. The molecule has 1 aromatic heterocycles. The second-order valence-electron chi connectivity index (χ2n) is 6.47. The number of carbonyl (C=O) groups excluding carboxylic acids is 1. The van der Waals surface area contributed by atoms with Crippen LogP contribution in [-0.4, -0.2) is 29.9 Å². The zero-order valence-electron chi connectivity index (χ0n) is 16.2. The predicted octanol–water partition coefficient (Wildman–Crippen LogP) is 3.71. The van der Waals surface area contributed by atoms with Crippen molar-refractivity contribution in [1.82, 2.24) is 9.78 Å². The van der Waals surface area contributed by atoms with Gasteiger partial charge < -0.3 is 14.8 Å². The van der Waals surface area contributed by atoms with E-state index < -0.39 is 0 Å². The van der Waals surface area contributed by atoms with Gasteiger partial charge in [0.25, 0.3) is 0 Å². The highest BCUT2D eigenvalue weighted by atomic mass is 16.5. The molecule has 1 N–H and O–H groups in total. The average Bonchev–Trinajstić information content (AvgIpc) is 3.18. The van der Waals surface area contributed by atoms with Crippen LogP contribution < -0.4 is 14.8 Å². The van der Waals surface area contributed by atoms with Gasteiger partial charge in [0.15, 0.2) is 11.5 Å². The summed E-state index contributed by atoms with van der Waals surface area (Å²) in [5, 5.41) is 7.22. The number of aromatic nitrogens is 2. The number of nitrogens with one attached hydrogen (secondary N) is 1. The maximum absolute atomic E-state index is 12.2. The molecule has 2 aromatic carbocycles. The summed E-state index contributed by atoms with van der Waals surface area (Å²) in [6.45, 7) is 0.769. The molecule has 0 radical (unpaired) electrons. The van der Waals surface area contributed by atoms with Crippen LogP contribution in [0.1, 0.15) is 17.5 Å². The van der Waals surface area contributed by atoms with Gasteiger partial charge in [-0.05, 0) is 36.1 Å². The van der Waals surface area contributed by atoms with Gasteiger partial charge >= 0.3 is 0 Å². The molecule has 0 aliphatic carbocycles. The molecule has 3 aromatic rings. The zero-order chi connectivity index (χ0) is 19.8. The van der Waals surface area contributed by atoms with E-state index in [9.17, 15) is 4.79 Å². The van der Waals surface area contributed by atoms with E-state index in [0.717, 1.165) is 18.5 Å². The fourth-order valence-corrected chi connectivity index (χ4v) is 2.96. The van der Waals surface area contributed by atoms with Gasteiger partial charge in [0.1, 0.15) is 0 Å². The highest BCUT2D eigenvalue weighted by Crippen LogP contribution is 2.28. The van der Waals surface area contributed by atoms with Crippen molar-refractivity contribution in [3.63, 3.8) is 0 Å². The van der Waals surface area contributed by atoms with Gasteiger partial charge in [-0.2, -0.15) is 5.10 Å². The summed E-state index contributed by atoms with van der Waals surface area (Å²) < 4.78 is 12.4. The normalized spacial score (nSPS) is 10.5. The van der Waals surface area contributed by atoms with Crippen molar-refractivity contribution in [1.29, 1.82) is 0 Å². The summed E-state index contributed by atoms with van der Waals surface area (Å²) in [6, 6.07) is 15.9. The molecule has 0 unspecified atom stereocenters. The van der Waals surface area contributed by atoms with Crippen molar-refractivity contribution in [2.24, 2.45) is 0 Å². The van der Waals surface area contributed by atoms with Gasteiger partial charge in [0, 0.05) is 19.2 Å². The Kier molecular flexibility index (Phi) is 6.68. The van der Waals surface area contributed by atoms with Gasteiger partial charge in [-0.25, -0.2) is 0 Å². The quantitative estimate of drug-likeness (QED) is 0.615. The summed E-state index contributed by atoms with van der Waals surface area (Å²) in [6.07, 6.45) is 5.44. The zero-order valence-corrected chi connectivity index (χ0v) is 16.2. The molecule has 0 saturated carbocycles. The van der Waals surface area contributed by atoms with E-state index in [0.29, 0.717) is 30.0 Å². The molecule has 6 nitrogen and oxygen atoms in total. The van der Waals surface area contributed by atoms with Gasteiger partial charge in [0.2, 0.25) is 5.91 Å². The van der Waals surface area contributed by atoms with Crippen LogP contribution in [0.25, 0.3) is 0 Å². The number of anilines is 1. The van der Waals surface area contributed by atoms with Crippen LogP contribution in [0.3, 0.4) is 0 Å². The lowest BCUT2D eigenvalue weighted by molar-refractivity contribution is -0.116. The van der Waals surface area contributed by atoms with Crippen molar-refractivity contribution in [2.45, 2.75) is 25.8 Å². The fourth-order valence-electron chi connectivity index (χ4n) is 2.96. The minimum atomic E-state index is -0.0441. The molecule has 0 aliphatic heterocycles. The molecule has 0 aliphatic rings. The van der Waals surface area contributed by atoms with Crippen molar-refractivity contribution in [3.05, 3.63) is 72.1 Å². The molecule has 1 amide bonds. The molecule has 0 atom stereocenters.